The molecule has 1 atom stereocenters. The van der Waals surface area contributed by atoms with E-state index in [2.05, 4.69) is 10.3 Å². The summed E-state index contributed by atoms with van der Waals surface area (Å²) < 4.78 is 0. The van der Waals surface area contributed by atoms with Gasteiger partial charge in [-0.05, 0) is 37.8 Å². The highest BCUT2D eigenvalue weighted by Crippen LogP contribution is 1.94. The second-order valence-corrected chi connectivity index (χ2v) is 3.90. The summed E-state index contributed by atoms with van der Waals surface area (Å²) in [7, 11) is 0. The van der Waals surface area contributed by atoms with Gasteiger partial charge >= 0.3 is 5.03 Å². The van der Waals surface area contributed by atoms with Gasteiger partial charge in [0.2, 0.25) is 0 Å². The van der Waals surface area contributed by atoms with E-state index in [4.69, 9.17) is 22.4 Å². The van der Waals surface area contributed by atoms with Crippen molar-refractivity contribution in [2.24, 2.45) is 22.2 Å². The zero-order valence-electron chi connectivity index (χ0n) is 10.5. The molecule has 9 N–H and O–H groups in total. The Kier molecular flexibility index (Phi) is 9.83. The van der Waals surface area contributed by atoms with Crippen molar-refractivity contribution in [3.8, 4) is 0 Å². The van der Waals surface area contributed by atoms with Crippen LogP contribution in [0.15, 0.2) is 4.99 Å². The zero-order valence-corrected chi connectivity index (χ0v) is 10.5. The molecule has 1 unspecified atom stereocenters. The molecule has 0 rings (SSSR count). The van der Waals surface area contributed by atoms with Gasteiger partial charge in [0.15, 0.2) is 0 Å². The topological polar surface area (TPSA) is 155 Å². The second kappa shape index (κ2) is 10.7. The highest BCUT2D eigenvalue weighted by atomic mass is 16.7. The van der Waals surface area contributed by atoms with Crippen LogP contribution in [-0.4, -0.2) is 48.4 Å². The number of hydrazine groups is 1. The molecule has 0 aromatic heterocycles. The monoisotopic (exact) mass is 262 g/mol. The highest BCUT2D eigenvalue weighted by molar-refractivity contribution is 5.76. The molecule has 0 saturated heterocycles. The molecule has 0 aromatic rings. The number of hydrogen-bond acceptors (Lipinski definition) is 5. The summed E-state index contributed by atoms with van der Waals surface area (Å²) in [6.07, 6.45) is 2.49. The van der Waals surface area contributed by atoms with E-state index in [0.29, 0.717) is 13.1 Å². The molecule has 0 aliphatic rings. The van der Waals surface area contributed by atoms with Gasteiger partial charge in [-0.25, -0.2) is 10.2 Å². The minimum atomic E-state index is -0.494. The second-order valence-electron chi connectivity index (χ2n) is 3.90. The molecule has 0 aliphatic carbocycles. The predicted octanol–water partition coefficient (Wildman–Crippen LogP) is -1.98. The third-order valence-electron chi connectivity index (χ3n) is 2.19. The lowest BCUT2D eigenvalue weighted by atomic mass is 10.1. The van der Waals surface area contributed by atoms with Crippen LogP contribution in [0, 0.1) is 4.91 Å². The van der Waals surface area contributed by atoms with Crippen LogP contribution in [0.3, 0.4) is 0 Å². The Morgan fingerprint density at radius 1 is 1.44 bits per heavy atom. The highest BCUT2D eigenvalue weighted by Gasteiger charge is 2.04. The van der Waals surface area contributed by atoms with E-state index in [9.17, 15) is 4.91 Å². The fraction of sp³-hybridized carbons (Fsp3) is 0.889. The van der Waals surface area contributed by atoms with Crippen LogP contribution in [-0.2, 0) is 0 Å². The molecule has 0 radical (unpaired) electrons. The molecule has 0 amide bonds. The van der Waals surface area contributed by atoms with Crippen molar-refractivity contribution in [1.82, 2.24) is 10.7 Å². The van der Waals surface area contributed by atoms with Crippen LogP contribution in [0.1, 0.15) is 19.3 Å². The van der Waals surface area contributed by atoms with Gasteiger partial charge in [0.1, 0.15) is 4.91 Å². The van der Waals surface area contributed by atoms with E-state index < -0.39 is 5.03 Å². The molecule has 0 aliphatic heterocycles. The maximum Gasteiger partial charge on any atom is 0.362 e. The summed E-state index contributed by atoms with van der Waals surface area (Å²) in [5, 5.41) is 11.0. The van der Waals surface area contributed by atoms with E-state index >= 15 is 0 Å². The quantitative estimate of drug-likeness (QED) is 0.115. The van der Waals surface area contributed by atoms with Crippen LogP contribution in [0.2, 0.25) is 0 Å². The van der Waals surface area contributed by atoms with Crippen molar-refractivity contribution >= 4 is 5.96 Å². The third kappa shape index (κ3) is 11.0. The largest absolute Gasteiger partial charge is 0.365 e. The lowest BCUT2D eigenvalue weighted by molar-refractivity contribution is -0.822. The van der Waals surface area contributed by atoms with Crippen LogP contribution in [0.5, 0.6) is 0 Å². The molecule has 0 heterocycles. The Morgan fingerprint density at radius 3 is 2.78 bits per heavy atom. The van der Waals surface area contributed by atoms with E-state index in [1.165, 1.54) is 0 Å². The van der Waals surface area contributed by atoms with Crippen LogP contribution in [0.4, 0.5) is 0 Å². The Morgan fingerprint density at radius 2 is 2.17 bits per heavy atom. The maximum atomic E-state index is 10.1. The van der Waals surface area contributed by atoms with Crippen LogP contribution in [0.25, 0.3) is 0 Å². The smallest absolute Gasteiger partial charge is 0.362 e. The molecule has 0 fully saturated rings. The SMILES string of the molecule is NCCCNCC(N)CCCN=C(N)N[N+](=O)O. The maximum absolute atomic E-state index is 10.1. The fourth-order valence-electron chi connectivity index (χ4n) is 1.30. The molecule has 0 saturated carbocycles. The number of hydrogen-bond donors (Lipinski definition) is 6. The average Bonchev–Trinajstić information content (AvgIpc) is 2.29. The molecule has 106 valence electrons. The van der Waals surface area contributed by atoms with Crippen LogP contribution < -0.4 is 27.9 Å². The first-order valence-electron chi connectivity index (χ1n) is 5.95. The number of aliphatic imine (C=N–C) groups is 1. The first-order valence-corrected chi connectivity index (χ1v) is 5.95. The van der Waals surface area contributed by atoms with Gasteiger partial charge in [-0.3, -0.25) is 0 Å². The van der Waals surface area contributed by atoms with E-state index in [1.54, 1.807) is 0 Å². The number of nitrogens with zero attached hydrogens (tertiary/aromatic N) is 2. The Hall–Kier alpha value is -1.45. The van der Waals surface area contributed by atoms with E-state index in [0.717, 1.165) is 32.4 Å². The van der Waals surface area contributed by atoms with Gasteiger partial charge in [0.05, 0.1) is 0 Å². The van der Waals surface area contributed by atoms with Crippen LogP contribution >= 0.6 is 0 Å². The summed E-state index contributed by atoms with van der Waals surface area (Å²) in [5.41, 5.74) is 18.4. The van der Waals surface area contributed by atoms with Gasteiger partial charge in [-0.2, -0.15) is 0 Å². The Bertz CT molecular complexity index is 259. The van der Waals surface area contributed by atoms with Crippen molar-refractivity contribution in [3.63, 3.8) is 0 Å². The predicted molar refractivity (Wildman–Crippen MR) is 68.8 cm³/mol. The van der Waals surface area contributed by atoms with Crippen molar-refractivity contribution < 1.29 is 10.2 Å². The zero-order chi connectivity index (χ0) is 13.8. The number of rotatable bonds is 10. The van der Waals surface area contributed by atoms with E-state index in [1.807, 2.05) is 5.43 Å². The van der Waals surface area contributed by atoms with Gasteiger partial charge in [-0.15, -0.1) is 0 Å². The molecule has 0 bridgehead atoms. The number of nitrogens with two attached hydrogens (primary N) is 3. The van der Waals surface area contributed by atoms with Gasteiger partial charge in [0, 0.05) is 19.1 Å². The molecule has 18 heavy (non-hydrogen) atoms. The lowest BCUT2D eigenvalue weighted by Crippen LogP contribution is -2.37. The minimum Gasteiger partial charge on any atom is -0.365 e. The molecule has 9 nitrogen and oxygen atoms in total. The summed E-state index contributed by atoms with van der Waals surface area (Å²) >= 11 is 0. The third-order valence-corrected chi connectivity index (χ3v) is 2.19. The molecule has 0 aromatic carbocycles. The van der Waals surface area contributed by atoms with E-state index in [-0.39, 0.29) is 12.0 Å². The number of nitrogens with one attached hydrogen (secondary N) is 2. The molecular formula is C9H24N7O2+. The summed E-state index contributed by atoms with van der Waals surface area (Å²) in [6.45, 7) is 2.73. The van der Waals surface area contributed by atoms with Gasteiger partial charge < -0.3 is 22.5 Å². The average molecular weight is 262 g/mol. The lowest BCUT2D eigenvalue weighted by Gasteiger charge is -2.11. The molecule has 9 heteroatoms. The Balaban J connectivity index is 3.50. The molecular weight excluding hydrogens is 238 g/mol. The fourth-order valence-corrected chi connectivity index (χ4v) is 1.30. The summed E-state index contributed by atoms with van der Waals surface area (Å²) in [5.74, 6) is -0.123. The summed E-state index contributed by atoms with van der Waals surface area (Å²) in [4.78, 5) is 14.0. The standard InChI is InChI=1S/C9H24N7O2/c10-4-2-5-13-7-8(11)3-1-6-14-9(12)15-16(17)18/h8,13H,1-7,10-11H2,(H,17,18)(H3,12,14,15)/q+1. The van der Waals surface area contributed by atoms with Crippen molar-refractivity contribution in [2.45, 2.75) is 25.3 Å². The van der Waals surface area contributed by atoms with Crippen molar-refractivity contribution in [3.05, 3.63) is 4.91 Å². The van der Waals surface area contributed by atoms with Crippen molar-refractivity contribution in [1.29, 1.82) is 0 Å². The van der Waals surface area contributed by atoms with Crippen molar-refractivity contribution in [2.75, 3.05) is 26.2 Å². The molecule has 0 spiro atoms. The Labute approximate surface area is 106 Å². The minimum absolute atomic E-state index is 0.0565. The summed E-state index contributed by atoms with van der Waals surface area (Å²) in [6, 6.07) is 0.0565. The normalized spacial score (nSPS) is 13.3. The van der Waals surface area contributed by atoms with Gasteiger partial charge in [-0.1, -0.05) is 0 Å². The first-order chi connectivity index (χ1) is 8.56. The van der Waals surface area contributed by atoms with Gasteiger partial charge in [0.25, 0.3) is 5.96 Å². The first kappa shape index (κ1) is 16.6. The number of guanidine groups is 1.